The van der Waals surface area contributed by atoms with Crippen LogP contribution in [0.4, 0.5) is 0 Å². The van der Waals surface area contributed by atoms with Crippen molar-refractivity contribution >= 4 is 33.0 Å². The van der Waals surface area contributed by atoms with Gasteiger partial charge in [-0.25, -0.2) is 18.1 Å². The van der Waals surface area contributed by atoms with E-state index >= 15 is 0 Å². The van der Waals surface area contributed by atoms with Gasteiger partial charge in [0.15, 0.2) is 8.68 Å². The highest BCUT2D eigenvalue weighted by Crippen LogP contribution is 2.25. The van der Waals surface area contributed by atoms with Crippen LogP contribution in [0, 0.1) is 5.92 Å². The number of rotatable bonds is 4. The van der Waals surface area contributed by atoms with E-state index < -0.39 is 10.0 Å². The highest BCUT2D eigenvalue weighted by molar-refractivity contribution is 7.91. The minimum atomic E-state index is -3.49. The summed E-state index contributed by atoms with van der Waals surface area (Å²) in [5.74, 6) is 0.298. The molecule has 1 aliphatic carbocycles. The van der Waals surface area contributed by atoms with Crippen molar-refractivity contribution < 1.29 is 13.5 Å². The zero-order chi connectivity index (χ0) is 13.2. The Bertz CT molecular complexity index is 495. The third-order valence-corrected chi connectivity index (χ3v) is 6.10. The zero-order valence-electron chi connectivity index (χ0n) is 9.67. The summed E-state index contributed by atoms with van der Waals surface area (Å²) in [6.45, 7) is 0.407. The van der Waals surface area contributed by atoms with Crippen LogP contribution in [-0.2, 0) is 10.0 Å². The number of nitrogens with one attached hydrogen (secondary N) is 1. The Morgan fingerprint density at radius 1 is 1.44 bits per heavy atom. The Hall–Kier alpha value is -0.210. The van der Waals surface area contributed by atoms with Gasteiger partial charge in [-0.2, -0.15) is 0 Å². The van der Waals surface area contributed by atoms with Crippen molar-refractivity contribution in [1.82, 2.24) is 9.71 Å². The molecule has 0 atom stereocenters. The largest absolute Gasteiger partial charge is 0.393 e. The third-order valence-electron chi connectivity index (χ3n) is 3.10. The van der Waals surface area contributed by atoms with Crippen molar-refractivity contribution in [2.45, 2.75) is 36.0 Å². The molecule has 1 aromatic heterocycles. The van der Waals surface area contributed by atoms with Crippen LogP contribution in [0.25, 0.3) is 0 Å². The van der Waals surface area contributed by atoms with Crippen LogP contribution in [0.5, 0.6) is 0 Å². The van der Waals surface area contributed by atoms with Crippen molar-refractivity contribution in [1.29, 1.82) is 0 Å². The van der Waals surface area contributed by atoms with E-state index in [4.69, 9.17) is 11.6 Å². The molecule has 0 amide bonds. The molecule has 2 rings (SSSR count). The van der Waals surface area contributed by atoms with E-state index in [1.807, 2.05) is 0 Å². The molecule has 0 aliphatic heterocycles. The van der Waals surface area contributed by atoms with Crippen LogP contribution in [-0.4, -0.2) is 31.2 Å². The van der Waals surface area contributed by atoms with E-state index in [9.17, 15) is 13.5 Å². The van der Waals surface area contributed by atoms with E-state index in [0.29, 0.717) is 12.5 Å². The van der Waals surface area contributed by atoms with Crippen LogP contribution in [0.15, 0.2) is 10.4 Å². The highest BCUT2D eigenvalue weighted by atomic mass is 35.5. The number of nitrogens with zero attached hydrogens (tertiary/aromatic N) is 1. The lowest BCUT2D eigenvalue weighted by atomic mass is 9.88. The molecule has 0 bridgehead atoms. The van der Waals surface area contributed by atoms with Gasteiger partial charge in [0, 0.05) is 6.54 Å². The van der Waals surface area contributed by atoms with Gasteiger partial charge in [0.05, 0.1) is 12.3 Å². The first-order valence-corrected chi connectivity index (χ1v) is 8.44. The Morgan fingerprint density at radius 2 is 2.11 bits per heavy atom. The second-order valence-corrected chi connectivity index (χ2v) is 8.07. The minimum Gasteiger partial charge on any atom is -0.393 e. The first kappa shape index (κ1) is 14.2. The molecule has 18 heavy (non-hydrogen) atoms. The van der Waals surface area contributed by atoms with Crippen LogP contribution in [0.3, 0.4) is 0 Å². The molecule has 0 spiro atoms. The predicted molar refractivity (Wildman–Crippen MR) is 70.3 cm³/mol. The number of hydrogen-bond acceptors (Lipinski definition) is 5. The molecule has 0 unspecified atom stereocenters. The van der Waals surface area contributed by atoms with E-state index in [2.05, 4.69) is 9.71 Å². The zero-order valence-corrected chi connectivity index (χ0v) is 12.1. The fourth-order valence-electron chi connectivity index (χ4n) is 2.01. The molecule has 8 heteroatoms. The van der Waals surface area contributed by atoms with Gasteiger partial charge in [0.1, 0.15) is 0 Å². The summed E-state index contributed by atoms with van der Waals surface area (Å²) in [4.78, 5) is 3.72. The smallest absolute Gasteiger partial charge is 0.251 e. The van der Waals surface area contributed by atoms with Gasteiger partial charge < -0.3 is 5.11 Å². The summed E-state index contributed by atoms with van der Waals surface area (Å²) < 4.78 is 26.7. The molecule has 1 saturated carbocycles. The molecule has 1 aromatic rings. The molecule has 5 nitrogen and oxygen atoms in total. The molecule has 0 saturated heterocycles. The Balaban J connectivity index is 1.90. The third kappa shape index (κ3) is 3.64. The number of aromatic nitrogens is 1. The second kappa shape index (κ2) is 5.83. The van der Waals surface area contributed by atoms with Gasteiger partial charge in [-0.05, 0) is 31.6 Å². The maximum Gasteiger partial charge on any atom is 0.251 e. The van der Waals surface area contributed by atoms with Gasteiger partial charge in [0.2, 0.25) is 0 Å². The number of aliphatic hydroxyl groups excluding tert-OH is 1. The average molecular weight is 311 g/mol. The minimum absolute atomic E-state index is 0.142. The van der Waals surface area contributed by atoms with Crippen LogP contribution in [0.2, 0.25) is 4.47 Å². The number of sulfonamides is 1. The molecule has 0 aromatic carbocycles. The maximum absolute atomic E-state index is 11.9. The number of halogens is 1. The lowest BCUT2D eigenvalue weighted by molar-refractivity contribution is 0.110. The molecular formula is C10H15ClN2O3S2. The quantitative estimate of drug-likeness (QED) is 0.886. The molecule has 0 radical (unpaired) electrons. The van der Waals surface area contributed by atoms with E-state index in [-0.39, 0.29) is 14.8 Å². The first-order chi connectivity index (χ1) is 8.47. The number of aliphatic hydroxyl groups is 1. The molecular weight excluding hydrogens is 296 g/mol. The fourth-order valence-corrected chi connectivity index (χ4v) is 4.46. The second-order valence-electron chi connectivity index (χ2n) is 4.46. The van der Waals surface area contributed by atoms with Crippen LogP contribution >= 0.6 is 22.9 Å². The van der Waals surface area contributed by atoms with Gasteiger partial charge in [-0.1, -0.05) is 22.9 Å². The van der Waals surface area contributed by atoms with Crippen molar-refractivity contribution in [2.75, 3.05) is 6.54 Å². The fraction of sp³-hybridized carbons (Fsp3) is 0.700. The maximum atomic E-state index is 11.9. The summed E-state index contributed by atoms with van der Waals surface area (Å²) in [5.41, 5.74) is 0. The normalized spacial score (nSPS) is 25.2. The van der Waals surface area contributed by atoms with Gasteiger partial charge in [-0.3, -0.25) is 0 Å². The van der Waals surface area contributed by atoms with Gasteiger partial charge in [0.25, 0.3) is 10.0 Å². The van der Waals surface area contributed by atoms with Gasteiger partial charge in [-0.15, -0.1) is 0 Å². The number of thiazole rings is 1. The Kier molecular flexibility index (Phi) is 4.60. The Labute approximate surface area is 115 Å². The molecule has 1 aliphatic rings. The lowest BCUT2D eigenvalue weighted by Gasteiger charge is -2.25. The average Bonchev–Trinajstić information content (AvgIpc) is 2.76. The summed E-state index contributed by atoms with van der Waals surface area (Å²) in [5, 5.41) is 9.38. The van der Waals surface area contributed by atoms with Gasteiger partial charge >= 0.3 is 0 Å². The van der Waals surface area contributed by atoms with Crippen LogP contribution in [0.1, 0.15) is 25.7 Å². The molecule has 2 N–H and O–H groups in total. The topological polar surface area (TPSA) is 79.3 Å². The Morgan fingerprint density at radius 3 is 2.67 bits per heavy atom. The summed E-state index contributed by atoms with van der Waals surface area (Å²) in [6, 6.07) is 0. The summed E-state index contributed by atoms with van der Waals surface area (Å²) >= 11 is 6.56. The monoisotopic (exact) mass is 310 g/mol. The van der Waals surface area contributed by atoms with Crippen molar-refractivity contribution in [3.63, 3.8) is 0 Å². The standard InChI is InChI=1S/C10H15ClN2O3S2/c11-10-12-6-9(17-10)18(15,16)13-5-7-1-3-8(14)4-2-7/h6-8,13-14H,1-5H2. The predicted octanol–water partition coefficient (Wildman–Crippen LogP) is 1.63. The first-order valence-electron chi connectivity index (χ1n) is 5.76. The SMILES string of the molecule is O=S(=O)(NCC1CCC(O)CC1)c1cnc(Cl)s1. The van der Waals surface area contributed by atoms with E-state index in [0.717, 1.165) is 37.0 Å². The van der Waals surface area contributed by atoms with Crippen molar-refractivity contribution in [2.24, 2.45) is 5.92 Å². The summed E-state index contributed by atoms with van der Waals surface area (Å²) in [6.07, 6.45) is 4.25. The number of hydrogen-bond donors (Lipinski definition) is 2. The summed E-state index contributed by atoms with van der Waals surface area (Å²) in [7, 11) is -3.49. The van der Waals surface area contributed by atoms with Crippen molar-refractivity contribution in [3.8, 4) is 0 Å². The van der Waals surface area contributed by atoms with E-state index in [1.165, 1.54) is 6.20 Å². The molecule has 1 heterocycles. The lowest BCUT2D eigenvalue weighted by Crippen LogP contribution is -2.31. The molecule has 1 fully saturated rings. The molecule has 102 valence electrons. The highest BCUT2D eigenvalue weighted by Gasteiger charge is 2.23. The van der Waals surface area contributed by atoms with Crippen LogP contribution < -0.4 is 4.72 Å². The van der Waals surface area contributed by atoms with Crippen molar-refractivity contribution in [3.05, 3.63) is 10.7 Å². The van der Waals surface area contributed by atoms with E-state index in [1.54, 1.807) is 0 Å².